The lowest BCUT2D eigenvalue weighted by molar-refractivity contribution is -0.149. The van der Waals surface area contributed by atoms with Crippen molar-refractivity contribution >= 4 is 22.8 Å². The number of nitrogens with one attached hydrogen (secondary N) is 1. The van der Waals surface area contributed by atoms with Gasteiger partial charge in [-0.15, -0.1) is 0 Å². The standard InChI is InChI=1S/C17H20N2O3/c1-2-22-17(21)12-7-10-19(11-8-12)16(20)14-4-3-5-15-13(14)6-9-18-15/h3-6,9,12,18H,2,7-8,10-11H2,1H3. The van der Waals surface area contributed by atoms with Crippen LogP contribution in [0.1, 0.15) is 30.1 Å². The van der Waals surface area contributed by atoms with Crippen molar-refractivity contribution in [3.63, 3.8) is 0 Å². The summed E-state index contributed by atoms with van der Waals surface area (Å²) in [5.41, 5.74) is 1.68. The fourth-order valence-corrected chi connectivity index (χ4v) is 3.02. The van der Waals surface area contributed by atoms with E-state index in [4.69, 9.17) is 4.74 Å². The van der Waals surface area contributed by atoms with Gasteiger partial charge in [0.25, 0.3) is 5.91 Å². The predicted molar refractivity (Wildman–Crippen MR) is 83.6 cm³/mol. The zero-order valence-electron chi connectivity index (χ0n) is 12.7. The number of aromatic nitrogens is 1. The molecule has 3 rings (SSSR count). The van der Waals surface area contributed by atoms with Crippen LogP contribution in [0.25, 0.3) is 10.9 Å². The average molecular weight is 300 g/mol. The van der Waals surface area contributed by atoms with E-state index < -0.39 is 0 Å². The number of carbonyl (C=O) groups excluding carboxylic acids is 2. The molecule has 0 radical (unpaired) electrons. The number of hydrogen-bond acceptors (Lipinski definition) is 3. The molecule has 1 N–H and O–H groups in total. The Balaban J connectivity index is 1.70. The van der Waals surface area contributed by atoms with E-state index in [-0.39, 0.29) is 17.8 Å². The number of carbonyl (C=O) groups is 2. The molecule has 0 saturated carbocycles. The third kappa shape index (κ3) is 2.71. The van der Waals surface area contributed by atoms with Gasteiger partial charge in [-0.2, -0.15) is 0 Å². The third-order valence-corrected chi connectivity index (χ3v) is 4.23. The normalized spacial score (nSPS) is 16.0. The van der Waals surface area contributed by atoms with Crippen LogP contribution >= 0.6 is 0 Å². The Kier molecular flexibility index (Phi) is 4.13. The summed E-state index contributed by atoms with van der Waals surface area (Å²) < 4.78 is 5.06. The Morgan fingerprint density at radius 1 is 1.27 bits per heavy atom. The molecule has 0 atom stereocenters. The van der Waals surface area contributed by atoms with Crippen molar-refractivity contribution in [1.29, 1.82) is 0 Å². The molecule has 1 aliphatic rings. The topological polar surface area (TPSA) is 62.4 Å². The molecule has 1 aromatic heterocycles. The van der Waals surface area contributed by atoms with Gasteiger partial charge in [-0.05, 0) is 38.0 Å². The van der Waals surface area contributed by atoms with Crippen LogP contribution in [0.2, 0.25) is 0 Å². The van der Waals surface area contributed by atoms with Gasteiger partial charge < -0.3 is 14.6 Å². The number of benzene rings is 1. The van der Waals surface area contributed by atoms with Crippen LogP contribution < -0.4 is 0 Å². The zero-order valence-corrected chi connectivity index (χ0v) is 12.7. The molecule has 1 amide bonds. The molecule has 116 valence electrons. The first-order valence-electron chi connectivity index (χ1n) is 7.72. The summed E-state index contributed by atoms with van der Waals surface area (Å²) in [6, 6.07) is 7.63. The summed E-state index contributed by atoms with van der Waals surface area (Å²) >= 11 is 0. The van der Waals surface area contributed by atoms with Crippen LogP contribution in [0.5, 0.6) is 0 Å². The highest BCUT2D eigenvalue weighted by Crippen LogP contribution is 2.23. The van der Waals surface area contributed by atoms with Gasteiger partial charge in [-0.3, -0.25) is 9.59 Å². The van der Waals surface area contributed by atoms with Crippen molar-refractivity contribution < 1.29 is 14.3 Å². The molecule has 1 fully saturated rings. The second kappa shape index (κ2) is 6.22. The highest BCUT2D eigenvalue weighted by Gasteiger charge is 2.29. The summed E-state index contributed by atoms with van der Waals surface area (Å²) in [6.45, 7) is 3.42. The smallest absolute Gasteiger partial charge is 0.309 e. The van der Waals surface area contributed by atoms with E-state index in [0.717, 1.165) is 10.9 Å². The van der Waals surface area contributed by atoms with E-state index in [1.165, 1.54) is 0 Å². The van der Waals surface area contributed by atoms with Crippen molar-refractivity contribution in [3.8, 4) is 0 Å². The van der Waals surface area contributed by atoms with E-state index in [1.54, 1.807) is 0 Å². The molecule has 2 heterocycles. The molecule has 5 nitrogen and oxygen atoms in total. The number of esters is 1. The fourth-order valence-electron chi connectivity index (χ4n) is 3.02. The number of amides is 1. The van der Waals surface area contributed by atoms with Gasteiger partial charge in [0.2, 0.25) is 0 Å². The number of likely N-dealkylation sites (tertiary alicyclic amines) is 1. The van der Waals surface area contributed by atoms with Gasteiger partial charge in [0, 0.05) is 35.8 Å². The van der Waals surface area contributed by atoms with Crippen LogP contribution in [0, 0.1) is 5.92 Å². The molecular weight excluding hydrogens is 280 g/mol. The van der Waals surface area contributed by atoms with E-state index in [2.05, 4.69) is 4.98 Å². The Morgan fingerprint density at radius 3 is 2.77 bits per heavy atom. The third-order valence-electron chi connectivity index (χ3n) is 4.23. The summed E-state index contributed by atoms with van der Waals surface area (Å²) in [5.74, 6) is -0.179. The highest BCUT2D eigenvalue weighted by molar-refractivity contribution is 6.06. The molecule has 1 saturated heterocycles. The lowest BCUT2D eigenvalue weighted by Gasteiger charge is -2.31. The summed E-state index contributed by atoms with van der Waals surface area (Å²) in [4.78, 5) is 29.4. The van der Waals surface area contributed by atoms with E-state index in [1.807, 2.05) is 42.3 Å². The van der Waals surface area contributed by atoms with Crippen molar-refractivity contribution in [1.82, 2.24) is 9.88 Å². The van der Waals surface area contributed by atoms with Gasteiger partial charge in [0.05, 0.1) is 12.5 Å². The molecule has 2 aromatic rings. The average Bonchev–Trinajstić information content (AvgIpc) is 3.03. The zero-order chi connectivity index (χ0) is 15.5. The first-order valence-corrected chi connectivity index (χ1v) is 7.72. The predicted octanol–water partition coefficient (Wildman–Crippen LogP) is 2.58. The number of hydrogen-bond donors (Lipinski definition) is 1. The minimum absolute atomic E-state index is 0.0347. The van der Waals surface area contributed by atoms with Gasteiger partial charge >= 0.3 is 5.97 Å². The minimum Gasteiger partial charge on any atom is -0.466 e. The van der Waals surface area contributed by atoms with Crippen LogP contribution in [-0.4, -0.2) is 41.5 Å². The lowest BCUT2D eigenvalue weighted by Crippen LogP contribution is -2.40. The van der Waals surface area contributed by atoms with Crippen molar-refractivity contribution in [3.05, 3.63) is 36.0 Å². The van der Waals surface area contributed by atoms with Crippen molar-refractivity contribution in [2.75, 3.05) is 19.7 Å². The lowest BCUT2D eigenvalue weighted by atomic mass is 9.96. The highest BCUT2D eigenvalue weighted by atomic mass is 16.5. The molecule has 0 aliphatic carbocycles. The SMILES string of the molecule is CCOC(=O)C1CCN(C(=O)c2cccc3[nH]ccc23)CC1. The quantitative estimate of drug-likeness (QED) is 0.886. The maximum atomic E-state index is 12.7. The summed E-state index contributed by atoms with van der Waals surface area (Å²) in [7, 11) is 0. The number of H-pyrrole nitrogens is 1. The number of piperidine rings is 1. The minimum atomic E-state index is -0.137. The molecule has 5 heteroatoms. The van der Waals surface area contributed by atoms with Gasteiger partial charge in [-0.1, -0.05) is 6.07 Å². The largest absolute Gasteiger partial charge is 0.466 e. The molecule has 0 bridgehead atoms. The Hall–Kier alpha value is -2.30. The molecule has 1 aromatic carbocycles. The second-order valence-electron chi connectivity index (χ2n) is 5.56. The van der Waals surface area contributed by atoms with Gasteiger partial charge in [0.1, 0.15) is 0 Å². The summed E-state index contributed by atoms with van der Waals surface area (Å²) in [5, 5.41) is 0.944. The molecule has 1 aliphatic heterocycles. The first kappa shape index (κ1) is 14.6. The van der Waals surface area contributed by atoms with Crippen molar-refractivity contribution in [2.24, 2.45) is 5.92 Å². The van der Waals surface area contributed by atoms with Gasteiger partial charge in [0.15, 0.2) is 0 Å². The number of ether oxygens (including phenoxy) is 1. The molecule has 0 spiro atoms. The van der Waals surface area contributed by atoms with Crippen LogP contribution in [0.3, 0.4) is 0 Å². The van der Waals surface area contributed by atoms with E-state index in [0.29, 0.717) is 38.1 Å². The number of fused-ring (bicyclic) bond motifs is 1. The van der Waals surface area contributed by atoms with Crippen LogP contribution in [0.4, 0.5) is 0 Å². The Bertz CT molecular complexity index is 684. The Morgan fingerprint density at radius 2 is 2.05 bits per heavy atom. The second-order valence-corrected chi connectivity index (χ2v) is 5.56. The number of nitrogens with zero attached hydrogens (tertiary/aromatic N) is 1. The van der Waals surface area contributed by atoms with Crippen LogP contribution in [0.15, 0.2) is 30.5 Å². The van der Waals surface area contributed by atoms with Crippen molar-refractivity contribution in [2.45, 2.75) is 19.8 Å². The van der Waals surface area contributed by atoms with E-state index in [9.17, 15) is 9.59 Å². The first-order chi connectivity index (χ1) is 10.7. The van der Waals surface area contributed by atoms with Gasteiger partial charge in [-0.25, -0.2) is 0 Å². The maximum absolute atomic E-state index is 12.7. The van der Waals surface area contributed by atoms with E-state index >= 15 is 0 Å². The summed E-state index contributed by atoms with van der Waals surface area (Å²) in [6.07, 6.45) is 3.19. The monoisotopic (exact) mass is 300 g/mol. The molecule has 0 unspecified atom stereocenters. The van der Waals surface area contributed by atoms with Crippen LogP contribution in [-0.2, 0) is 9.53 Å². The Labute approximate surface area is 129 Å². The maximum Gasteiger partial charge on any atom is 0.309 e. The number of rotatable bonds is 3. The fraction of sp³-hybridized carbons (Fsp3) is 0.412. The molecule has 22 heavy (non-hydrogen) atoms. The number of aromatic amines is 1. The molecular formula is C17H20N2O3.